The molecule has 4 heterocycles. The molecule has 0 saturated carbocycles. The van der Waals surface area contributed by atoms with Crippen LogP contribution in [0.2, 0.25) is 18.1 Å². The highest BCUT2D eigenvalue weighted by molar-refractivity contribution is 6.74. The summed E-state index contributed by atoms with van der Waals surface area (Å²) >= 11 is 0. The molecule has 0 spiro atoms. The molecule has 1 N–H and O–H groups in total. The summed E-state index contributed by atoms with van der Waals surface area (Å²) in [5.41, 5.74) is 2.00. The second-order valence-corrected chi connectivity index (χ2v) is 26.9. The van der Waals surface area contributed by atoms with Crippen molar-refractivity contribution in [2.24, 2.45) is 0 Å². The smallest absolute Gasteiger partial charge is 0.417 e. The van der Waals surface area contributed by atoms with Crippen LogP contribution in [0, 0.1) is 0 Å². The van der Waals surface area contributed by atoms with Gasteiger partial charge in [-0.1, -0.05) is 31.9 Å². The molecule has 3 aromatic rings. The fraction of sp³-hybridized carbons (Fsp3) is 0.491. The van der Waals surface area contributed by atoms with Crippen LogP contribution in [-0.2, 0) is 27.1 Å². The number of aliphatic hydroxyl groups excluding tert-OH is 1. The van der Waals surface area contributed by atoms with Crippen molar-refractivity contribution in [1.82, 2.24) is 9.80 Å². The number of benzene rings is 3. The van der Waals surface area contributed by atoms with Crippen LogP contribution >= 0.6 is 0 Å². The van der Waals surface area contributed by atoms with Gasteiger partial charge in [0.05, 0.1) is 48.8 Å². The highest BCUT2D eigenvalue weighted by Crippen LogP contribution is 2.47. The summed E-state index contributed by atoms with van der Waals surface area (Å²) in [5.74, 6) is -0.0341. The molecule has 0 bridgehead atoms. The van der Waals surface area contributed by atoms with Crippen LogP contribution in [0.4, 0.5) is 21.0 Å². The first kappa shape index (κ1) is 52.5. The van der Waals surface area contributed by atoms with Crippen LogP contribution in [-0.4, -0.2) is 103 Å². The second-order valence-electron chi connectivity index (χ2n) is 22.1. The van der Waals surface area contributed by atoms with Gasteiger partial charge in [-0.25, -0.2) is 19.4 Å². The van der Waals surface area contributed by atoms with Gasteiger partial charge in [-0.15, -0.1) is 0 Å². The molecule has 0 radical (unpaired) electrons. The van der Waals surface area contributed by atoms with E-state index in [-0.39, 0.29) is 69.7 Å². The van der Waals surface area contributed by atoms with E-state index < -0.39 is 62.2 Å². The van der Waals surface area contributed by atoms with Gasteiger partial charge in [0.25, 0.3) is 11.8 Å². The molecule has 4 amide bonds. The number of ether oxygens (including phenoxy) is 6. The average molecular weight is 997 g/mol. The molecule has 18 heteroatoms. The Kier molecular flexibility index (Phi) is 14.3. The number of aliphatic hydroxyl groups is 1. The highest BCUT2D eigenvalue weighted by atomic mass is 28.4. The number of amides is 4. The summed E-state index contributed by atoms with van der Waals surface area (Å²) in [5, 5.41) is 11.5. The van der Waals surface area contributed by atoms with Gasteiger partial charge in [0.15, 0.2) is 43.8 Å². The molecule has 0 fully saturated rings. The molecule has 71 heavy (non-hydrogen) atoms. The number of hydrogen-bond acceptors (Lipinski definition) is 13. The van der Waals surface area contributed by atoms with Crippen molar-refractivity contribution in [3.8, 4) is 23.0 Å². The maximum atomic E-state index is 14.6. The molecule has 0 aliphatic carbocycles. The number of rotatable bonds is 11. The molecule has 4 aliphatic rings. The van der Waals surface area contributed by atoms with E-state index in [2.05, 4.69) is 33.9 Å². The number of fused-ring (bicyclic) bond motifs is 4. The fourth-order valence-electron chi connectivity index (χ4n) is 8.81. The summed E-state index contributed by atoms with van der Waals surface area (Å²) in [6, 6.07) is 9.86. The molecular weight excluding hydrogens is 929 g/mol. The Hall–Kier alpha value is -6.37. The zero-order valence-corrected chi connectivity index (χ0v) is 44.5. The van der Waals surface area contributed by atoms with Crippen molar-refractivity contribution in [1.29, 1.82) is 0 Å². The van der Waals surface area contributed by atoms with Gasteiger partial charge in [-0.3, -0.25) is 14.4 Å². The Balaban J connectivity index is 1.23. The molecule has 17 nitrogen and oxygen atoms in total. The minimum Gasteiger partial charge on any atom is -0.493 e. The summed E-state index contributed by atoms with van der Waals surface area (Å²) < 4.78 is 43.3. The van der Waals surface area contributed by atoms with E-state index in [0.717, 1.165) is 16.0 Å². The maximum Gasteiger partial charge on any atom is 0.417 e. The second kappa shape index (κ2) is 19.3. The zero-order chi connectivity index (χ0) is 52.3. The molecular formula is C53H68N4O13Si. The topological polar surface area (TPSA) is 183 Å². The van der Waals surface area contributed by atoms with Gasteiger partial charge in [-0.05, 0) is 128 Å². The van der Waals surface area contributed by atoms with E-state index in [1.54, 1.807) is 83.0 Å². The molecule has 4 aliphatic heterocycles. The van der Waals surface area contributed by atoms with Crippen molar-refractivity contribution < 1.29 is 61.9 Å². The first-order valence-electron chi connectivity index (χ1n) is 23.7. The van der Waals surface area contributed by atoms with Crippen molar-refractivity contribution in [2.45, 2.75) is 156 Å². The first-order chi connectivity index (χ1) is 33.0. The third kappa shape index (κ3) is 10.8. The predicted molar refractivity (Wildman–Crippen MR) is 269 cm³/mol. The normalized spacial score (nSPS) is 20.2. The standard InChI is InChI=1S/C53H68N4O13Si/c1-30-16-39-47(61)56(49(62)68-51(3,4)5)37-23-43(41(64-12)21-35(37)45(59)54(39)25-30)66-28-33-18-32(27-58)19-34(20-33)29-67-44-24-38-36(22-42(44)65-13)46(60)55-26-31(2)17-40(55)48(70-71(14,15)53(9,10)11)57(38)50(63)69-52(6,7)8/h18-27,39-40,47-48,61H,16-17,28-29H2,1-15H3/t39-,40-,47-,48-/m0/s1. The molecule has 0 aromatic heterocycles. The number of carbonyl (C=O) groups excluding carboxylic acids is 5. The van der Waals surface area contributed by atoms with E-state index in [0.29, 0.717) is 35.8 Å². The fourth-order valence-corrected chi connectivity index (χ4v) is 10.0. The molecule has 382 valence electrons. The SMILES string of the molecule is COc1cc2c(cc1OCc1cc(C=O)cc(COc3cc4c(cc3OC)C(=O)N3C=C(C)C[C@H]3[C@H](O[Si](C)(C)C(C)(C)C)N4C(=O)OC(C)(C)C)c1)N(C(=O)OC(C)(C)C)[C@@H](O)[C@@H]1CC(C)=CN1C2=O. The lowest BCUT2D eigenvalue weighted by Gasteiger charge is -2.44. The van der Waals surface area contributed by atoms with E-state index in [4.69, 9.17) is 32.8 Å². The molecule has 0 saturated heterocycles. The van der Waals surface area contributed by atoms with Crippen molar-refractivity contribution in [2.75, 3.05) is 24.0 Å². The number of aldehydes is 1. The number of nitrogens with zero attached hydrogens (tertiary/aromatic N) is 4. The van der Waals surface area contributed by atoms with Gasteiger partial charge in [0.2, 0.25) is 0 Å². The van der Waals surface area contributed by atoms with Gasteiger partial charge in [-0.2, -0.15) is 0 Å². The minimum absolute atomic E-state index is 0.0650. The van der Waals surface area contributed by atoms with Crippen LogP contribution in [0.15, 0.2) is 66.0 Å². The summed E-state index contributed by atoms with van der Waals surface area (Å²) in [7, 11) is 0.254. The molecule has 7 rings (SSSR count). The third-order valence-corrected chi connectivity index (χ3v) is 17.5. The lowest BCUT2D eigenvalue weighted by atomic mass is 10.1. The van der Waals surface area contributed by atoms with Crippen LogP contribution in [0.25, 0.3) is 0 Å². The molecule has 3 aromatic carbocycles. The molecule has 0 unspecified atom stereocenters. The zero-order valence-electron chi connectivity index (χ0n) is 43.5. The predicted octanol–water partition coefficient (Wildman–Crippen LogP) is 10.1. The summed E-state index contributed by atoms with van der Waals surface area (Å²) in [4.78, 5) is 75.1. The van der Waals surface area contributed by atoms with Crippen LogP contribution in [0.5, 0.6) is 23.0 Å². The Morgan fingerprint density at radius 2 is 1.10 bits per heavy atom. The van der Waals surface area contributed by atoms with Gasteiger partial charge >= 0.3 is 12.2 Å². The van der Waals surface area contributed by atoms with Crippen LogP contribution < -0.4 is 28.7 Å². The van der Waals surface area contributed by atoms with Crippen LogP contribution in [0.3, 0.4) is 0 Å². The third-order valence-electron chi connectivity index (χ3n) is 13.1. The molecule has 4 atom stereocenters. The van der Waals surface area contributed by atoms with Gasteiger partial charge in [0, 0.05) is 30.1 Å². The van der Waals surface area contributed by atoms with Crippen LogP contribution in [0.1, 0.15) is 131 Å². The Labute approximate surface area is 417 Å². The highest BCUT2D eigenvalue weighted by Gasteiger charge is 2.51. The lowest BCUT2D eigenvalue weighted by Crippen LogP contribution is -2.58. The van der Waals surface area contributed by atoms with Crippen molar-refractivity contribution in [3.05, 3.63) is 93.8 Å². The van der Waals surface area contributed by atoms with Crippen molar-refractivity contribution >= 4 is 50.0 Å². The first-order valence-corrected chi connectivity index (χ1v) is 26.6. The van der Waals surface area contributed by atoms with Gasteiger partial charge < -0.3 is 47.8 Å². The summed E-state index contributed by atoms with van der Waals surface area (Å²) in [6.07, 6.45) is 1.04. The number of methoxy groups -OCH3 is 2. The number of anilines is 2. The Morgan fingerprint density at radius 3 is 1.54 bits per heavy atom. The largest absolute Gasteiger partial charge is 0.493 e. The van der Waals surface area contributed by atoms with Crippen molar-refractivity contribution in [3.63, 3.8) is 0 Å². The Morgan fingerprint density at radius 1 is 0.662 bits per heavy atom. The lowest BCUT2D eigenvalue weighted by molar-refractivity contribution is 0.0335. The van der Waals surface area contributed by atoms with Gasteiger partial charge in [0.1, 0.15) is 30.7 Å². The minimum atomic E-state index is -2.62. The van der Waals surface area contributed by atoms with E-state index >= 15 is 0 Å². The number of hydrogen-bond donors (Lipinski definition) is 1. The summed E-state index contributed by atoms with van der Waals surface area (Å²) in [6.45, 7) is 24.6. The van der Waals surface area contributed by atoms with E-state index in [1.807, 2.05) is 20.0 Å². The quantitative estimate of drug-likeness (QED) is 0.142. The monoisotopic (exact) mass is 996 g/mol. The Bertz CT molecular complexity index is 2690. The van der Waals surface area contributed by atoms with E-state index in [1.165, 1.54) is 36.2 Å². The average Bonchev–Trinajstić information content (AvgIpc) is 3.83. The van der Waals surface area contributed by atoms with E-state index in [9.17, 15) is 29.1 Å². The number of carbonyl (C=O) groups is 5. The maximum absolute atomic E-state index is 14.6.